The first-order valence-electron chi connectivity index (χ1n) is 5.74. The summed E-state index contributed by atoms with van der Waals surface area (Å²) < 4.78 is 3.94. The number of aromatic nitrogens is 5. The molecule has 6 nitrogen and oxygen atoms in total. The predicted molar refractivity (Wildman–Crippen MR) is 65.7 cm³/mol. The second-order valence-corrected chi connectivity index (χ2v) is 4.51. The minimum Gasteiger partial charge on any atom is -0.355 e. The molecule has 6 heteroatoms. The van der Waals surface area contributed by atoms with E-state index in [4.69, 9.17) is 0 Å². The van der Waals surface area contributed by atoms with Gasteiger partial charge >= 0.3 is 0 Å². The van der Waals surface area contributed by atoms with Crippen LogP contribution in [-0.4, -0.2) is 30.9 Å². The molecule has 0 aliphatic heterocycles. The van der Waals surface area contributed by atoms with Crippen LogP contribution in [0, 0.1) is 5.92 Å². The molecule has 2 aromatic heterocycles. The fourth-order valence-corrected chi connectivity index (χ4v) is 1.50. The molecule has 0 saturated carbocycles. The number of imidazole rings is 1. The van der Waals surface area contributed by atoms with Crippen molar-refractivity contribution in [3.8, 4) is 0 Å². The van der Waals surface area contributed by atoms with Crippen molar-refractivity contribution >= 4 is 5.95 Å². The van der Waals surface area contributed by atoms with E-state index in [9.17, 15) is 0 Å². The van der Waals surface area contributed by atoms with E-state index in [1.54, 1.807) is 12.5 Å². The third kappa shape index (κ3) is 2.83. The Balaban J connectivity index is 2.06. The lowest BCUT2D eigenvalue weighted by atomic mass is 10.2. The highest BCUT2D eigenvalue weighted by atomic mass is 15.3. The fraction of sp³-hybridized carbons (Fsp3) is 0.545. The Bertz CT molecular complexity index is 470. The zero-order chi connectivity index (χ0) is 12.3. The smallest absolute Gasteiger partial charge is 0.203 e. The van der Waals surface area contributed by atoms with Crippen LogP contribution in [0.2, 0.25) is 0 Å². The normalized spacial score (nSPS) is 11.1. The first-order valence-corrected chi connectivity index (χ1v) is 5.74. The summed E-state index contributed by atoms with van der Waals surface area (Å²) in [5.74, 6) is 2.38. The Labute approximate surface area is 101 Å². The van der Waals surface area contributed by atoms with Crippen molar-refractivity contribution in [2.75, 3.05) is 11.9 Å². The van der Waals surface area contributed by atoms with Gasteiger partial charge in [0.1, 0.15) is 6.33 Å². The summed E-state index contributed by atoms with van der Waals surface area (Å²) in [5, 5.41) is 11.2. The molecule has 2 rings (SSSR count). The van der Waals surface area contributed by atoms with E-state index in [-0.39, 0.29) is 0 Å². The largest absolute Gasteiger partial charge is 0.355 e. The van der Waals surface area contributed by atoms with Crippen LogP contribution in [0.25, 0.3) is 0 Å². The van der Waals surface area contributed by atoms with Crippen LogP contribution in [0.3, 0.4) is 0 Å². The molecule has 0 spiro atoms. The van der Waals surface area contributed by atoms with Crippen molar-refractivity contribution in [3.63, 3.8) is 0 Å². The quantitative estimate of drug-likeness (QED) is 0.842. The van der Waals surface area contributed by atoms with Gasteiger partial charge in [0.05, 0.1) is 6.54 Å². The third-order valence-corrected chi connectivity index (χ3v) is 2.50. The summed E-state index contributed by atoms with van der Waals surface area (Å²) in [6.07, 6.45) is 5.43. The topological polar surface area (TPSA) is 60.6 Å². The van der Waals surface area contributed by atoms with E-state index in [1.165, 1.54) is 0 Å². The third-order valence-electron chi connectivity index (χ3n) is 2.50. The summed E-state index contributed by atoms with van der Waals surface area (Å²) >= 11 is 0. The highest BCUT2D eigenvalue weighted by Crippen LogP contribution is 2.08. The second kappa shape index (κ2) is 4.99. The molecular weight excluding hydrogens is 216 g/mol. The van der Waals surface area contributed by atoms with Crippen molar-refractivity contribution in [2.45, 2.75) is 20.4 Å². The molecule has 0 aliphatic carbocycles. The molecule has 0 radical (unpaired) electrons. The van der Waals surface area contributed by atoms with Crippen molar-refractivity contribution in [3.05, 3.63) is 24.5 Å². The van der Waals surface area contributed by atoms with Crippen LogP contribution in [0.5, 0.6) is 0 Å². The summed E-state index contributed by atoms with van der Waals surface area (Å²) in [7, 11) is 1.94. The zero-order valence-electron chi connectivity index (χ0n) is 10.5. The molecule has 2 heterocycles. The van der Waals surface area contributed by atoms with Gasteiger partial charge < -0.3 is 14.5 Å². The van der Waals surface area contributed by atoms with E-state index in [1.807, 2.05) is 22.4 Å². The van der Waals surface area contributed by atoms with Crippen molar-refractivity contribution < 1.29 is 0 Å². The summed E-state index contributed by atoms with van der Waals surface area (Å²) in [6.45, 7) is 5.93. The lowest BCUT2D eigenvalue weighted by Gasteiger charge is -2.10. The van der Waals surface area contributed by atoms with E-state index in [0.29, 0.717) is 12.5 Å². The van der Waals surface area contributed by atoms with Gasteiger partial charge in [-0.25, -0.2) is 4.98 Å². The van der Waals surface area contributed by atoms with Gasteiger partial charge in [-0.05, 0) is 5.92 Å². The summed E-state index contributed by atoms with van der Waals surface area (Å²) in [4.78, 5) is 4.29. The van der Waals surface area contributed by atoms with Gasteiger partial charge in [-0.2, -0.15) is 0 Å². The van der Waals surface area contributed by atoms with Gasteiger partial charge in [0.2, 0.25) is 5.95 Å². The Morgan fingerprint density at radius 3 is 2.88 bits per heavy atom. The lowest BCUT2D eigenvalue weighted by Crippen LogP contribution is -2.14. The molecule has 17 heavy (non-hydrogen) atoms. The molecule has 0 bridgehead atoms. The fourth-order valence-electron chi connectivity index (χ4n) is 1.50. The molecule has 0 aromatic carbocycles. The van der Waals surface area contributed by atoms with E-state index >= 15 is 0 Å². The molecule has 92 valence electrons. The molecule has 0 saturated heterocycles. The average molecular weight is 234 g/mol. The van der Waals surface area contributed by atoms with Gasteiger partial charge in [0.15, 0.2) is 5.82 Å². The lowest BCUT2D eigenvalue weighted by molar-refractivity contribution is 0.664. The monoisotopic (exact) mass is 234 g/mol. The van der Waals surface area contributed by atoms with Crippen molar-refractivity contribution in [1.29, 1.82) is 0 Å². The van der Waals surface area contributed by atoms with E-state index in [2.05, 4.69) is 34.3 Å². The van der Waals surface area contributed by atoms with Gasteiger partial charge in [-0.1, -0.05) is 13.8 Å². The van der Waals surface area contributed by atoms with E-state index in [0.717, 1.165) is 18.3 Å². The Morgan fingerprint density at radius 1 is 1.41 bits per heavy atom. The molecular formula is C11H18N6. The highest BCUT2D eigenvalue weighted by molar-refractivity contribution is 5.26. The molecule has 0 fully saturated rings. The SMILES string of the molecule is CC(C)CNc1nccn1Cc1nncn1C. The Morgan fingerprint density at radius 2 is 2.24 bits per heavy atom. The maximum absolute atomic E-state index is 4.29. The van der Waals surface area contributed by atoms with E-state index < -0.39 is 0 Å². The van der Waals surface area contributed by atoms with Crippen LogP contribution in [0.1, 0.15) is 19.7 Å². The Kier molecular flexibility index (Phi) is 3.41. The minimum absolute atomic E-state index is 0.593. The molecule has 0 aliphatic rings. The first kappa shape index (κ1) is 11.6. The van der Waals surface area contributed by atoms with Crippen LogP contribution < -0.4 is 5.32 Å². The summed E-state index contributed by atoms with van der Waals surface area (Å²) in [5.41, 5.74) is 0. The zero-order valence-corrected chi connectivity index (χ0v) is 10.5. The maximum atomic E-state index is 4.29. The van der Waals surface area contributed by atoms with Gasteiger partial charge in [0.25, 0.3) is 0 Å². The molecule has 0 atom stereocenters. The number of nitrogens with zero attached hydrogens (tertiary/aromatic N) is 5. The minimum atomic E-state index is 0.593. The van der Waals surface area contributed by atoms with Crippen LogP contribution in [0.4, 0.5) is 5.95 Å². The maximum Gasteiger partial charge on any atom is 0.203 e. The number of hydrogen-bond acceptors (Lipinski definition) is 4. The molecule has 2 aromatic rings. The highest BCUT2D eigenvalue weighted by Gasteiger charge is 2.06. The Hall–Kier alpha value is -1.85. The second-order valence-electron chi connectivity index (χ2n) is 4.51. The van der Waals surface area contributed by atoms with Crippen LogP contribution in [0.15, 0.2) is 18.7 Å². The van der Waals surface area contributed by atoms with Crippen molar-refractivity contribution in [2.24, 2.45) is 13.0 Å². The molecule has 0 amide bonds. The summed E-state index contributed by atoms with van der Waals surface area (Å²) in [6, 6.07) is 0. The van der Waals surface area contributed by atoms with Gasteiger partial charge in [0, 0.05) is 26.0 Å². The number of nitrogens with one attached hydrogen (secondary N) is 1. The van der Waals surface area contributed by atoms with Gasteiger partial charge in [-0.15, -0.1) is 10.2 Å². The van der Waals surface area contributed by atoms with Gasteiger partial charge in [-0.3, -0.25) is 0 Å². The average Bonchev–Trinajstić information content (AvgIpc) is 2.87. The predicted octanol–water partition coefficient (Wildman–Crippen LogP) is 1.13. The van der Waals surface area contributed by atoms with Crippen LogP contribution in [-0.2, 0) is 13.6 Å². The number of aryl methyl sites for hydroxylation is 1. The standard InChI is InChI=1S/C11H18N6/c1-9(2)6-13-11-12-4-5-17(11)7-10-15-14-8-16(10)3/h4-5,8-9H,6-7H2,1-3H3,(H,12,13). The number of anilines is 1. The van der Waals surface area contributed by atoms with Crippen LogP contribution >= 0.6 is 0 Å². The molecule has 0 unspecified atom stereocenters. The molecule has 1 N–H and O–H groups in total. The first-order chi connectivity index (χ1) is 8.16. The number of rotatable bonds is 5. The van der Waals surface area contributed by atoms with Crippen molar-refractivity contribution in [1.82, 2.24) is 24.3 Å². The number of hydrogen-bond donors (Lipinski definition) is 1.